The highest BCUT2D eigenvalue weighted by atomic mass is 79.9. The maximum absolute atomic E-state index is 12.2. The van der Waals surface area contributed by atoms with Gasteiger partial charge in [-0.1, -0.05) is 15.9 Å². The predicted octanol–water partition coefficient (Wildman–Crippen LogP) is 3.28. The summed E-state index contributed by atoms with van der Waals surface area (Å²) in [5, 5.41) is 12.2. The Hall–Kier alpha value is -1.16. The molecule has 0 saturated heterocycles. The molecule has 0 heterocycles. The van der Waals surface area contributed by atoms with Gasteiger partial charge < -0.3 is 5.21 Å². The van der Waals surface area contributed by atoms with Crippen molar-refractivity contribution in [3.63, 3.8) is 0 Å². The highest BCUT2D eigenvalue weighted by molar-refractivity contribution is 9.10. The van der Waals surface area contributed by atoms with Gasteiger partial charge in [0, 0.05) is 29.8 Å². The Kier molecular flexibility index (Phi) is 3.85. The third-order valence-corrected chi connectivity index (χ3v) is 4.07. The zero-order valence-electron chi connectivity index (χ0n) is 10.4. The van der Waals surface area contributed by atoms with Gasteiger partial charge in [-0.25, -0.2) is 0 Å². The molecule has 1 atom stereocenters. The van der Waals surface area contributed by atoms with Crippen molar-refractivity contribution in [1.82, 2.24) is 0 Å². The molecular formula is C14H16BrNO2. The third kappa shape index (κ3) is 2.64. The molecule has 0 aromatic heterocycles. The Morgan fingerprint density at radius 1 is 1.33 bits per heavy atom. The normalized spacial score (nSPS) is 25.2. The first-order valence-corrected chi connectivity index (χ1v) is 6.92. The predicted molar refractivity (Wildman–Crippen MR) is 74.8 cm³/mol. The van der Waals surface area contributed by atoms with E-state index in [2.05, 4.69) is 15.9 Å². The number of rotatable bonds is 2. The van der Waals surface area contributed by atoms with Crippen molar-refractivity contribution in [3.05, 3.63) is 39.5 Å². The van der Waals surface area contributed by atoms with Gasteiger partial charge in [-0.05, 0) is 37.1 Å². The fourth-order valence-corrected chi connectivity index (χ4v) is 2.49. The van der Waals surface area contributed by atoms with Crippen molar-refractivity contribution in [1.29, 1.82) is 0 Å². The van der Waals surface area contributed by atoms with Crippen LogP contribution in [0.3, 0.4) is 0 Å². The topological polar surface area (TPSA) is 43.1 Å². The van der Waals surface area contributed by atoms with Gasteiger partial charge in [0.25, 0.3) is 0 Å². The van der Waals surface area contributed by atoms with Gasteiger partial charge in [-0.2, -0.15) is 4.74 Å². The highest BCUT2D eigenvalue weighted by Crippen LogP contribution is 2.27. The average Bonchev–Trinajstić information content (AvgIpc) is 2.36. The van der Waals surface area contributed by atoms with Crippen molar-refractivity contribution in [3.8, 4) is 0 Å². The van der Waals surface area contributed by atoms with Crippen LogP contribution in [0.5, 0.6) is 0 Å². The lowest BCUT2D eigenvalue weighted by atomic mass is 9.82. The van der Waals surface area contributed by atoms with Gasteiger partial charge in [-0.3, -0.25) is 4.79 Å². The van der Waals surface area contributed by atoms with E-state index in [0.29, 0.717) is 12.8 Å². The largest absolute Gasteiger partial charge is 0.623 e. The number of nitrogens with zero attached hydrogens (tertiary/aromatic N) is 1. The molecule has 1 aliphatic carbocycles. The average molecular weight is 310 g/mol. The monoisotopic (exact) mass is 309 g/mol. The van der Waals surface area contributed by atoms with Crippen LogP contribution in [-0.2, 0) is 4.79 Å². The van der Waals surface area contributed by atoms with E-state index in [-0.39, 0.29) is 5.78 Å². The van der Waals surface area contributed by atoms with E-state index in [1.807, 2.05) is 24.3 Å². The molecule has 96 valence electrons. The molecule has 0 amide bonds. The van der Waals surface area contributed by atoms with Gasteiger partial charge >= 0.3 is 0 Å². The molecular weight excluding hydrogens is 294 g/mol. The number of carbonyl (C=O) groups excluding carboxylic acids is 1. The molecule has 1 saturated carbocycles. The highest BCUT2D eigenvalue weighted by Gasteiger charge is 2.42. The second-order valence-corrected chi connectivity index (χ2v) is 5.83. The lowest BCUT2D eigenvalue weighted by molar-refractivity contribution is -0.525. The fourth-order valence-electron chi connectivity index (χ4n) is 2.22. The Morgan fingerprint density at radius 2 is 2.00 bits per heavy atom. The molecule has 18 heavy (non-hydrogen) atoms. The van der Waals surface area contributed by atoms with Crippen molar-refractivity contribution in [2.75, 3.05) is 0 Å². The third-order valence-electron chi connectivity index (χ3n) is 3.54. The Balaban J connectivity index is 2.26. The molecule has 1 aliphatic rings. The number of halogens is 1. The van der Waals surface area contributed by atoms with Crippen LogP contribution in [0.25, 0.3) is 0 Å². The molecule has 0 unspecified atom stereocenters. The Bertz CT molecular complexity index is 481. The summed E-state index contributed by atoms with van der Waals surface area (Å²) in [4.78, 5) is 11.9. The molecule has 1 aromatic carbocycles. The lowest BCUT2D eigenvalue weighted by Gasteiger charge is -2.30. The summed E-state index contributed by atoms with van der Waals surface area (Å²) >= 11 is 3.35. The minimum absolute atomic E-state index is 0.0529. The molecule has 0 spiro atoms. The summed E-state index contributed by atoms with van der Waals surface area (Å²) in [7, 11) is 0. The van der Waals surface area contributed by atoms with Crippen molar-refractivity contribution >= 4 is 27.9 Å². The van der Waals surface area contributed by atoms with E-state index in [1.165, 1.54) is 6.21 Å². The molecule has 1 aromatic rings. The second kappa shape index (κ2) is 5.22. The minimum atomic E-state index is -0.884. The summed E-state index contributed by atoms with van der Waals surface area (Å²) < 4.78 is 1.80. The maximum atomic E-state index is 12.2. The van der Waals surface area contributed by atoms with Crippen LogP contribution in [0, 0.1) is 5.21 Å². The SMILES string of the molecule is C[C@]1(/[N+]([O-])=C/c2ccc(Br)cc2)CCCCC1=O. The molecule has 0 aliphatic heterocycles. The molecule has 0 N–H and O–H groups in total. The summed E-state index contributed by atoms with van der Waals surface area (Å²) in [6.45, 7) is 1.75. The number of carbonyl (C=O) groups is 1. The first-order chi connectivity index (χ1) is 8.52. The van der Waals surface area contributed by atoms with E-state index in [9.17, 15) is 10.0 Å². The zero-order chi connectivity index (χ0) is 13.2. The van der Waals surface area contributed by atoms with Gasteiger partial charge in [-0.15, -0.1) is 0 Å². The molecule has 2 rings (SSSR count). The maximum Gasteiger partial charge on any atom is 0.227 e. The van der Waals surface area contributed by atoms with Crippen LogP contribution in [0.1, 0.15) is 38.2 Å². The molecule has 0 radical (unpaired) electrons. The molecule has 4 heteroatoms. The fraction of sp³-hybridized carbons (Fsp3) is 0.429. The lowest BCUT2D eigenvalue weighted by Crippen LogP contribution is -2.46. The standard InChI is InChI=1S/C14H16BrNO2/c1-14(9-3-2-4-13(14)17)16(18)10-11-5-7-12(15)8-6-11/h5-8,10H,2-4,9H2,1H3/b16-10-/t14-/m0/s1. The number of benzene rings is 1. The van der Waals surface area contributed by atoms with Crippen molar-refractivity contribution in [2.45, 2.75) is 38.1 Å². The van der Waals surface area contributed by atoms with Crippen molar-refractivity contribution < 1.29 is 9.53 Å². The van der Waals surface area contributed by atoms with E-state index in [1.54, 1.807) is 6.92 Å². The van der Waals surface area contributed by atoms with E-state index in [4.69, 9.17) is 0 Å². The quantitative estimate of drug-likeness (QED) is 0.364. The van der Waals surface area contributed by atoms with Crippen LogP contribution in [-0.4, -0.2) is 22.3 Å². The van der Waals surface area contributed by atoms with E-state index >= 15 is 0 Å². The second-order valence-electron chi connectivity index (χ2n) is 4.91. The number of Topliss-reactive ketones (excluding diaryl/α,β-unsaturated/α-hetero) is 1. The van der Waals surface area contributed by atoms with Crippen molar-refractivity contribution in [2.24, 2.45) is 0 Å². The van der Waals surface area contributed by atoms with Gasteiger partial charge in [0.2, 0.25) is 11.3 Å². The Morgan fingerprint density at radius 3 is 2.61 bits per heavy atom. The Labute approximate surface area is 115 Å². The van der Waals surface area contributed by atoms with Gasteiger partial charge in [0.1, 0.15) is 0 Å². The summed E-state index contributed by atoms with van der Waals surface area (Å²) in [5.74, 6) is 0.0529. The van der Waals surface area contributed by atoms with Gasteiger partial charge in [0.15, 0.2) is 6.21 Å². The number of hydroxylamine groups is 1. The van der Waals surface area contributed by atoms with E-state index in [0.717, 1.165) is 27.6 Å². The van der Waals surface area contributed by atoms with Crippen LogP contribution >= 0.6 is 15.9 Å². The number of hydrogen-bond acceptors (Lipinski definition) is 2. The first-order valence-electron chi connectivity index (χ1n) is 6.12. The molecule has 0 bridgehead atoms. The van der Waals surface area contributed by atoms with Crippen LogP contribution in [0.4, 0.5) is 0 Å². The first kappa shape index (κ1) is 13.3. The minimum Gasteiger partial charge on any atom is -0.623 e. The zero-order valence-corrected chi connectivity index (χ0v) is 11.9. The number of hydrogen-bond donors (Lipinski definition) is 0. The van der Waals surface area contributed by atoms with Crippen LogP contribution in [0.2, 0.25) is 0 Å². The molecule has 3 nitrogen and oxygen atoms in total. The van der Waals surface area contributed by atoms with Crippen LogP contribution < -0.4 is 0 Å². The smallest absolute Gasteiger partial charge is 0.227 e. The van der Waals surface area contributed by atoms with Crippen LogP contribution in [0.15, 0.2) is 28.7 Å². The van der Waals surface area contributed by atoms with Gasteiger partial charge in [0.05, 0.1) is 0 Å². The number of ketones is 1. The summed E-state index contributed by atoms with van der Waals surface area (Å²) in [6.07, 6.45) is 4.51. The molecule has 1 fully saturated rings. The summed E-state index contributed by atoms with van der Waals surface area (Å²) in [6, 6.07) is 7.46. The summed E-state index contributed by atoms with van der Waals surface area (Å²) in [5.41, 5.74) is -0.0708. The van der Waals surface area contributed by atoms with E-state index < -0.39 is 5.54 Å².